The van der Waals surface area contributed by atoms with Crippen molar-refractivity contribution in [2.24, 2.45) is 0 Å². The van der Waals surface area contributed by atoms with Crippen LogP contribution in [0.25, 0.3) is 0 Å². The lowest BCUT2D eigenvalue weighted by molar-refractivity contribution is -0.145. The van der Waals surface area contributed by atoms with Gasteiger partial charge in [0.1, 0.15) is 18.5 Å². The molecule has 0 aromatic carbocycles. The highest BCUT2D eigenvalue weighted by Crippen LogP contribution is 2.18. The van der Waals surface area contributed by atoms with Crippen LogP contribution in [-0.4, -0.2) is 48.6 Å². The molecule has 6 nitrogen and oxygen atoms in total. The highest BCUT2D eigenvalue weighted by atomic mass is 16.5. The SMILES string of the molecule is CC(C)c1ccc(C#N)c(NCC2CN(C)C(=O)CO2)n1. The van der Waals surface area contributed by atoms with Gasteiger partial charge in [-0.2, -0.15) is 5.26 Å². The molecule has 1 amide bonds. The molecule has 0 aliphatic carbocycles. The molecule has 2 rings (SSSR count). The van der Waals surface area contributed by atoms with Gasteiger partial charge < -0.3 is 15.0 Å². The van der Waals surface area contributed by atoms with Crippen molar-refractivity contribution in [1.82, 2.24) is 9.88 Å². The van der Waals surface area contributed by atoms with Crippen LogP contribution in [0.5, 0.6) is 0 Å². The number of amides is 1. The maximum atomic E-state index is 11.4. The standard InChI is InChI=1S/C15H20N4O2/c1-10(2)13-5-4-11(6-16)15(18-13)17-7-12-8-19(3)14(20)9-21-12/h4-5,10,12H,7-9H2,1-3H3,(H,17,18). The van der Waals surface area contributed by atoms with Crippen molar-refractivity contribution < 1.29 is 9.53 Å². The quantitative estimate of drug-likeness (QED) is 0.904. The zero-order chi connectivity index (χ0) is 15.4. The van der Waals surface area contributed by atoms with E-state index in [0.717, 1.165) is 5.69 Å². The fourth-order valence-corrected chi connectivity index (χ4v) is 2.11. The molecule has 6 heteroatoms. The third-order valence-corrected chi connectivity index (χ3v) is 3.47. The Labute approximate surface area is 124 Å². The lowest BCUT2D eigenvalue weighted by Crippen LogP contribution is -2.46. The Morgan fingerprint density at radius 2 is 2.33 bits per heavy atom. The smallest absolute Gasteiger partial charge is 0.248 e. The van der Waals surface area contributed by atoms with E-state index in [1.807, 2.05) is 6.07 Å². The number of likely N-dealkylation sites (N-methyl/N-ethyl adjacent to an activating group) is 1. The van der Waals surface area contributed by atoms with E-state index in [9.17, 15) is 4.79 Å². The maximum absolute atomic E-state index is 11.4. The van der Waals surface area contributed by atoms with Crippen LogP contribution in [-0.2, 0) is 9.53 Å². The molecule has 0 radical (unpaired) electrons. The molecule has 1 saturated heterocycles. The minimum Gasteiger partial charge on any atom is -0.366 e. The van der Waals surface area contributed by atoms with Gasteiger partial charge in [0.15, 0.2) is 0 Å². The number of nitriles is 1. The van der Waals surface area contributed by atoms with Crippen molar-refractivity contribution in [2.45, 2.75) is 25.9 Å². The van der Waals surface area contributed by atoms with E-state index in [-0.39, 0.29) is 18.6 Å². The van der Waals surface area contributed by atoms with Gasteiger partial charge in [-0.25, -0.2) is 4.98 Å². The Kier molecular flexibility index (Phi) is 4.76. The van der Waals surface area contributed by atoms with Gasteiger partial charge in [-0.15, -0.1) is 0 Å². The van der Waals surface area contributed by atoms with Gasteiger partial charge in [-0.1, -0.05) is 13.8 Å². The van der Waals surface area contributed by atoms with E-state index < -0.39 is 0 Å². The van der Waals surface area contributed by atoms with Gasteiger partial charge in [0.25, 0.3) is 0 Å². The first-order valence-electron chi connectivity index (χ1n) is 7.01. The lowest BCUT2D eigenvalue weighted by Gasteiger charge is -2.30. The zero-order valence-corrected chi connectivity index (χ0v) is 12.6. The molecule has 1 aromatic rings. The van der Waals surface area contributed by atoms with Crippen molar-refractivity contribution in [3.8, 4) is 6.07 Å². The van der Waals surface area contributed by atoms with Gasteiger partial charge in [-0.3, -0.25) is 4.79 Å². The van der Waals surface area contributed by atoms with Crippen molar-refractivity contribution in [3.63, 3.8) is 0 Å². The Bertz CT molecular complexity index is 565. The third-order valence-electron chi connectivity index (χ3n) is 3.47. The van der Waals surface area contributed by atoms with Crippen LogP contribution < -0.4 is 5.32 Å². The number of carbonyl (C=O) groups is 1. The summed E-state index contributed by atoms with van der Waals surface area (Å²) in [5.41, 5.74) is 1.45. The number of aromatic nitrogens is 1. The van der Waals surface area contributed by atoms with Crippen LogP contribution in [0.3, 0.4) is 0 Å². The van der Waals surface area contributed by atoms with Gasteiger partial charge in [0.05, 0.1) is 11.7 Å². The maximum Gasteiger partial charge on any atom is 0.248 e. The summed E-state index contributed by atoms with van der Waals surface area (Å²) in [6.45, 7) is 5.28. The molecular formula is C15H20N4O2. The van der Waals surface area contributed by atoms with Crippen molar-refractivity contribution in [3.05, 3.63) is 23.4 Å². The Hall–Kier alpha value is -2.13. The molecule has 0 bridgehead atoms. The highest BCUT2D eigenvalue weighted by molar-refractivity contribution is 5.77. The second-order valence-corrected chi connectivity index (χ2v) is 5.49. The first kappa shape index (κ1) is 15.3. The average Bonchev–Trinajstić information content (AvgIpc) is 2.48. The summed E-state index contributed by atoms with van der Waals surface area (Å²) in [5.74, 6) is 0.865. The number of nitrogens with one attached hydrogen (secondary N) is 1. The van der Waals surface area contributed by atoms with E-state index >= 15 is 0 Å². The molecule has 1 aliphatic heterocycles. The summed E-state index contributed by atoms with van der Waals surface area (Å²) in [6.07, 6.45) is -0.0938. The van der Waals surface area contributed by atoms with Crippen molar-refractivity contribution in [2.75, 3.05) is 32.1 Å². The Morgan fingerprint density at radius 1 is 1.57 bits per heavy atom. The number of ether oxygens (including phenoxy) is 1. The molecule has 0 spiro atoms. The van der Waals surface area contributed by atoms with Crippen LogP contribution in [0.15, 0.2) is 12.1 Å². The van der Waals surface area contributed by atoms with E-state index in [0.29, 0.717) is 30.4 Å². The summed E-state index contributed by atoms with van der Waals surface area (Å²) in [4.78, 5) is 17.5. The van der Waals surface area contributed by atoms with E-state index in [1.54, 1.807) is 18.0 Å². The van der Waals surface area contributed by atoms with Gasteiger partial charge in [-0.05, 0) is 18.1 Å². The monoisotopic (exact) mass is 288 g/mol. The Morgan fingerprint density at radius 3 is 2.95 bits per heavy atom. The third kappa shape index (κ3) is 3.70. The largest absolute Gasteiger partial charge is 0.366 e. The zero-order valence-electron chi connectivity index (χ0n) is 12.6. The second kappa shape index (κ2) is 6.55. The molecule has 0 saturated carbocycles. The van der Waals surface area contributed by atoms with Gasteiger partial charge >= 0.3 is 0 Å². The fraction of sp³-hybridized carbons (Fsp3) is 0.533. The summed E-state index contributed by atoms with van der Waals surface area (Å²) in [5, 5.41) is 12.3. The number of carbonyl (C=O) groups excluding carboxylic acids is 1. The van der Waals surface area contributed by atoms with E-state index in [1.165, 1.54) is 0 Å². The van der Waals surface area contributed by atoms with Crippen LogP contribution in [0.1, 0.15) is 31.0 Å². The predicted octanol–water partition coefficient (Wildman–Crippen LogP) is 1.35. The summed E-state index contributed by atoms with van der Waals surface area (Å²) in [7, 11) is 1.76. The highest BCUT2D eigenvalue weighted by Gasteiger charge is 2.23. The molecule has 1 fully saturated rings. The normalized spacial score (nSPS) is 18.7. The molecule has 1 unspecified atom stereocenters. The first-order valence-corrected chi connectivity index (χ1v) is 7.01. The second-order valence-electron chi connectivity index (χ2n) is 5.49. The van der Waals surface area contributed by atoms with Crippen molar-refractivity contribution >= 4 is 11.7 Å². The minimum absolute atomic E-state index is 0.0103. The molecular weight excluding hydrogens is 268 g/mol. The number of hydrogen-bond donors (Lipinski definition) is 1. The summed E-state index contributed by atoms with van der Waals surface area (Å²) in [6, 6.07) is 5.79. The van der Waals surface area contributed by atoms with Gasteiger partial charge in [0.2, 0.25) is 5.91 Å². The summed E-state index contributed by atoms with van der Waals surface area (Å²) >= 11 is 0. The average molecular weight is 288 g/mol. The van der Waals surface area contributed by atoms with Crippen LogP contribution in [0, 0.1) is 11.3 Å². The van der Waals surface area contributed by atoms with E-state index in [4.69, 9.17) is 10.00 Å². The molecule has 1 aliphatic rings. The lowest BCUT2D eigenvalue weighted by atomic mass is 10.1. The van der Waals surface area contributed by atoms with Gasteiger partial charge in [0, 0.05) is 25.8 Å². The minimum atomic E-state index is -0.0938. The predicted molar refractivity (Wildman–Crippen MR) is 78.9 cm³/mol. The number of anilines is 1. The number of hydrogen-bond acceptors (Lipinski definition) is 5. The van der Waals surface area contributed by atoms with Crippen molar-refractivity contribution in [1.29, 1.82) is 5.26 Å². The number of pyridine rings is 1. The fourth-order valence-electron chi connectivity index (χ4n) is 2.11. The number of rotatable bonds is 4. The molecule has 21 heavy (non-hydrogen) atoms. The molecule has 1 N–H and O–H groups in total. The van der Waals surface area contributed by atoms with Crippen LogP contribution in [0.4, 0.5) is 5.82 Å². The molecule has 1 atom stereocenters. The molecule has 1 aromatic heterocycles. The molecule has 2 heterocycles. The first-order chi connectivity index (χ1) is 10.0. The van der Waals surface area contributed by atoms with Crippen LogP contribution in [0.2, 0.25) is 0 Å². The Balaban J connectivity index is 2.04. The number of nitrogens with zero attached hydrogens (tertiary/aromatic N) is 3. The summed E-state index contributed by atoms with van der Waals surface area (Å²) < 4.78 is 5.47. The topological polar surface area (TPSA) is 78.2 Å². The molecule has 112 valence electrons. The van der Waals surface area contributed by atoms with Crippen LogP contribution >= 0.6 is 0 Å². The number of morpholine rings is 1. The van der Waals surface area contributed by atoms with E-state index in [2.05, 4.69) is 30.2 Å².